The number of benzene rings is 3. The third-order valence-corrected chi connectivity index (χ3v) is 5.11. The van der Waals surface area contributed by atoms with E-state index in [2.05, 4.69) is 5.32 Å². The van der Waals surface area contributed by atoms with Crippen molar-refractivity contribution in [2.24, 2.45) is 0 Å². The lowest BCUT2D eigenvalue weighted by atomic mass is 10.1. The molecule has 1 aliphatic rings. The van der Waals surface area contributed by atoms with Gasteiger partial charge in [-0.05, 0) is 67.9 Å². The third-order valence-electron chi connectivity index (χ3n) is 5.11. The Kier molecular flexibility index (Phi) is 6.07. The van der Waals surface area contributed by atoms with Crippen LogP contribution < -0.4 is 19.7 Å². The first kappa shape index (κ1) is 21.4. The molecule has 6 nitrogen and oxygen atoms in total. The molecule has 3 aromatic rings. The summed E-state index contributed by atoms with van der Waals surface area (Å²) in [7, 11) is 0. The molecule has 0 radical (unpaired) electrons. The molecule has 1 N–H and O–H groups in total. The van der Waals surface area contributed by atoms with Crippen molar-refractivity contribution in [3.05, 3.63) is 83.7 Å². The lowest BCUT2D eigenvalue weighted by Crippen LogP contribution is -2.46. The molecule has 0 bridgehead atoms. The number of halogens is 1. The molecule has 4 rings (SSSR count). The van der Waals surface area contributed by atoms with Gasteiger partial charge in [0.1, 0.15) is 23.9 Å². The van der Waals surface area contributed by atoms with Gasteiger partial charge in [0.05, 0.1) is 12.2 Å². The summed E-state index contributed by atoms with van der Waals surface area (Å²) >= 11 is 0. The van der Waals surface area contributed by atoms with Gasteiger partial charge in [0.2, 0.25) is 0 Å². The Morgan fingerprint density at radius 1 is 1.12 bits per heavy atom. The first-order valence-corrected chi connectivity index (χ1v) is 10.3. The highest BCUT2D eigenvalue weighted by Crippen LogP contribution is 2.36. The van der Waals surface area contributed by atoms with E-state index < -0.39 is 11.9 Å². The summed E-state index contributed by atoms with van der Waals surface area (Å²) in [6.07, 6.45) is -0.662. The van der Waals surface area contributed by atoms with Crippen molar-refractivity contribution in [2.75, 3.05) is 23.4 Å². The normalized spacial score (nSPS) is 15.0. The lowest BCUT2D eigenvalue weighted by molar-refractivity contribution is -0.125. The van der Waals surface area contributed by atoms with Crippen molar-refractivity contribution >= 4 is 23.2 Å². The molecule has 0 aromatic heterocycles. The fraction of sp³-hybridized carbons (Fsp3) is 0.200. The maximum atomic E-state index is 13.1. The van der Waals surface area contributed by atoms with Crippen LogP contribution in [-0.2, 0) is 4.79 Å². The summed E-state index contributed by atoms with van der Waals surface area (Å²) in [5.41, 5.74) is 2.55. The largest absolute Gasteiger partial charge is 0.492 e. The zero-order valence-corrected chi connectivity index (χ0v) is 17.8. The molecule has 32 heavy (non-hydrogen) atoms. The summed E-state index contributed by atoms with van der Waals surface area (Å²) in [6, 6.07) is 18.1. The number of nitrogens with zero attached hydrogens (tertiary/aromatic N) is 1. The molecule has 0 fully saturated rings. The van der Waals surface area contributed by atoms with Gasteiger partial charge < -0.3 is 19.7 Å². The van der Waals surface area contributed by atoms with Gasteiger partial charge in [-0.2, -0.15) is 0 Å². The van der Waals surface area contributed by atoms with Gasteiger partial charge in [0.25, 0.3) is 11.8 Å². The molecule has 2 amide bonds. The molecule has 1 unspecified atom stereocenters. The molecule has 0 saturated carbocycles. The molecule has 164 valence electrons. The second kappa shape index (κ2) is 9.09. The van der Waals surface area contributed by atoms with E-state index in [1.54, 1.807) is 30.0 Å². The average Bonchev–Trinajstić information content (AvgIpc) is 2.77. The van der Waals surface area contributed by atoms with Crippen LogP contribution in [-0.4, -0.2) is 31.1 Å². The highest BCUT2D eigenvalue weighted by Gasteiger charge is 2.31. The Bertz CT molecular complexity index is 1150. The number of ether oxygens (including phenoxy) is 2. The number of carbonyl (C=O) groups is 2. The van der Waals surface area contributed by atoms with E-state index in [4.69, 9.17) is 9.47 Å². The minimum atomic E-state index is -0.662. The number of anilines is 2. The van der Waals surface area contributed by atoms with E-state index in [9.17, 15) is 14.0 Å². The summed E-state index contributed by atoms with van der Waals surface area (Å²) in [5.74, 6) is 0.304. The van der Waals surface area contributed by atoms with Crippen LogP contribution in [0, 0.1) is 12.7 Å². The van der Waals surface area contributed by atoms with E-state index in [1.165, 1.54) is 24.3 Å². The van der Waals surface area contributed by atoms with Crippen molar-refractivity contribution in [1.29, 1.82) is 0 Å². The molecule has 0 aliphatic carbocycles. The Morgan fingerprint density at radius 2 is 1.91 bits per heavy atom. The summed E-state index contributed by atoms with van der Waals surface area (Å²) in [6.45, 7) is 4.35. The van der Waals surface area contributed by atoms with Crippen LogP contribution in [0.25, 0.3) is 0 Å². The SMILES string of the molecule is Cc1cccc(OCCN2C(=O)C(C)Oc3cc(NC(=O)c4ccc(F)cc4)ccc32)c1. The van der Waals surface area contributed by atoms with Crippen LogP contribution in [0.3, 0.4) is 0 Å². The highest BCUT2D eigenvalue weighted by atomic mass is 19.1. The van der Waals surface area contributed by atoms with Crippen molar-refractivity contribution in [3.63, 3.8) is 0 Å². The maximum absolute atomic E-state index is 13.1. The number of fused-ring (bicyclic) bond motifs is 1. The van der Waals surface area contributed by atoms with E-state index in [-0.39, 0.29) is 11.8 Å². The fourth-order valence-corrected chi connectivity index (χ4v) is 3.48. The number of hydrogen-bond donors (Lipinski definition) is 1. The quantitative estimate of drug-likeness (QED) is 0.617. The van der Waals surface area contributed by atoms with E-state index in [0.717, 1.165) is 11.3 Å². The number of carbonyl (C=O) groups excluding carboxylic acids is 2. The molecular formula is C25H23FN2O4. The fourth-order valence-electron chi connectivity index (χ4n) is 3.48. The monoisotopic (exact) mass is 434 g/mol. The molecule has 3 aromatic carbocycles. The van der Waals surface area contributed by atoms with Crippen LogP contribution in [0.2, 0.25) is 0 Å². The van der Waals surface area contributed by atoms with Gasteiger partial charge in [-0.15, -0.1) is 0 Å². The Hall–Kier alpha value is -3.87. The molecular weight excluding hydrogens is 411 g/mol. The zero-order valence-electron chi connectivity index (χ0n) is 17.8. The molecule has 1 atom stereocenters. The smallest absolute Gasteiger partial charge is 0.267 e. The number of rotatable bonds is 6. The molecule has 0 saturated heterocycles. The predicted octanol–water partition coefficient (Wildman–Crippen LogP) is 4.58. The Balaban J connectivity index is 1.47. The highest BCUT2D eigenvalue weighted by molar-refractivity contribution is 6.05. The zero-order chi connectivity index (χ0) is 22.7. The average molecular weight is 434 g/mol. The van der Waals surface area contributed by atoms with Crippen molar-refractivity contribution in [3.8, 4) is 11.5 Å². The molecule has 7 heteroatoms. The van der Waals surface area contributed by atoms with Crippen molar-refractivity contribution in [1.82, 2.24) is 0 Å². The lowest BCUT2D eigenvalue weighted by Gasteiger charge is -2.33. The topological polar surface area (TPSA) is 67.9 Å². The minimum Gasteiger partial charge on any atom is -0.492 e. The second-order valence-electron chi connectivity index (χ2n) is 7.56. The number of hydrogen-bond acceptors (Lipinski definition) is 4. The van der Waals surface area contributed by atoms with Crippen LogP contribution >= 0.6 is 0 Å². The number of aryl methyl sites for hydroxylation is 1. The molecule has 0 spiro atoms. The maximum Gasteiger partial charge on any atom is 0.267 e. The van der Waals surface area contributed by atoms with Crippen molar-refractivity contribution in [2.45, 2.75) is 20.0 Å². The first-order valence-electron chi connectivity index (χ1n) is 10.3. The summed E-state index contributed by atoms with van der Waals surface area (Å²) in [4.78, 5) is 26.8. The molecule has 1 heterocycles. The van der Waals surface area contributed by atoms with Gasteiger partial charge in [-0.3, -0.25) is 9.59 Å². The third kappa shape index (κ3) is 4.72. The molecule has 1 aliphatic heterocycles. The van der Waals surface area contributed by atoms with Gasteiger partial charge in [0.15, 0.2) is 6.10 Å². The van der Waals surface area contributed by atoms with E-state index in [0.29, 0.717) is 35.8 Å². The van der Waals surface area contributed by atoms with Gasteiger partial charge in [-0.25, -0.2) is 4.39 Å². The van der Waals surface area contributed by atoms with E-state index >= 15 is 0 Å². The number of amides is 2. The van der Waals surface area contributed by atoms with Crippen LogP contribution in [0.15, 0.2) is 66.7 Å². The first-order chi connectivity index (χ1) is 15.4. The minimum absolute atomic E-state index is 0.159. The number of nitrogens with one attached hydrogen (secondary N) is 1. The standard InChI is InChI=1S/C25H23FN2O4/c1-16-4-3-5-21(14-16)31-13-12-28-22-11-10-20(15-23(22)32-17(2)25(28)30)27-24(29)18-6-8-19(26)9-7-18/h3-11,14-15,17H,12-13H2,1-2H3,(H,27,29). The van der Waals surface area contributed by atoms with Gasteiger partial charge >= 0.3 is 0 Å². The summed E-state index contributed by atoms with van der Waals surface area (Å²) in [5, 5.41) is 2.77. The van der Waals surface area contributed by atoms with Gasteiger partial charge in [-0.1, -0.05) is 12.1 Å². The van der Waals surface area contributed by atoms with Crippen LogP contribution in [0.4, 0.5) is 15.8 Å². The van der Waals surface area contributed by atoms with Crippen LogP contribution in [0.1, 0.15) is 22.8 Å². The predicted molar refractivity (Wildman–Crippen MR) is 120 cm³/mol. The van der Waals surface area contributed by atoms with Crippen LogP contribution in [0.5, 0.6) is 11.5 Å². The Labute approximate surface area is 185 Å². The summed E-state index contributed by atoms with van der Waals surface area (Å²) < 4.78 is 24.7. The Morgan fingerprint density at radius 3 is 2.66 bits per heavy atom. The second-order valence-corrected chi connectivity index (χ2v) is 7.56. The van der Waals surface area contributed by atoms with E-state index in [1.807, 2.05) is 31.2 Å². The van der Waals surface area contributed by atoms with Crippen molar-refractivity contribution < 1.29 is 23.5 Å². The van der Waals surface area contributed by atoms with Gasteiger partial charge in [0, 0.05) is 17.3 Å².